The first-order valence-electron chi connectivity index (χ1n) is 17.0. The maximum atomic E-state index is 14.8. The van der Waals surface area contributed by atoms with E-state index in [1.54, 1.807) is 0 Å². The Labute approximate surface area is 315 Å². The van der Waals surface area contributed by atoms with Crippen LogP contribution in [0.5, 0.6) is 23.0 Å². The lowest BCUT2D eigenvalue weighted by atomic mass is 9.73. The Bertz CT molecular complexity index is 1980. The second-order valence-corrected chi connectivity index (χ2v) is 12.2. The van der Waals surface area contributed by atoms with Gasteiger partial charge in [0.1, 0.15) is 34.6 Å². The van der Waals surface area contributed by atoms with Crippen molar-refractivity contribution in [2.45, 2.75) is 56.3 Å². The Morgan fingerprint density at radius 1 is 0.589 bits per heavy atom. The van der Waals surface area contributed by atoms with Crippen molar-refractivity contribution in [3.05, 3.63) is 131 Å². The monoisotopic (exact) mass is 794 g/mol. The SMILES string of the molecule is C=CC(=O)OCCCCCCCCOc1ccc(C(=O)Oc2ccc(C(c3ccc(OC(=O)c4ccc(O)cc4F)cc3)(C(F)(F)F)C(F)(F)F)cc2)c(F)c1. The Morgan fingerprint density at radius 2 is 1.02 bits per heavy atom. The lowest BCUT2D eigenvalue weighted by Gasteiger charge is -2.38. The summed E-state index contributed by atoms with van der Waals surface area (Å²) in [7, 11) is 0. The summed E-state index contributed by atoms with van der Waals surface area (Å²) in [6, 6.07) is 10.2. The number of aromatic hydroxyl groups is 1. The molecule has 8 nitrogen and oxygen atoms in total. The highest BCUT2D eigenvalue weighted by Gasteiger charge is 2.72. The fourth-order valence-electron chi connectivity index (χ4n) is 5.61. The number of hydrogen-bond acceptors (Lipinski definition) is 8. The minimum Gasteiger partial charge on any atom is -0.508 e. The van der Waals surface area contributed by atoms with Crippen LogP contribution < -0.4 is 14.2 Å². The van der Waals surface area contributed by atoms with Gasteiger partial charge in [0.25, 0.3) is 0 Å². The fraction of sp³-hybridized carbons (Fsp3) is 0.275. The van der Waals surface area contributed by atoms with Gasteiger partial charge in [-0.2, -0.15) is 26.3 Å². The van der Waals surface area contributed by atoms with Crippen molar-refractivity contribution >= 4 is 17.9 Å². The number of alkyl halides is 6. The number of carbonyl (C=O) groups excluding carboxylic acids is 3. The Hall–Kier alpha value is -5.93. The van der Waals surface area contributed by atoms with Gasteiger partial charge in [-0.1, -0.05) is 56.5 Å². The zero-order valence-electron chi connectivity index (χ0n) is 29.4. The predicted molar refractivity (Wildman–Crippen MR) is 185 cm³/mol. The molecule has 0 radical (unpaired) electrons. The van der Waals surface area contributed by atoms with Gasteiger partial charge in [0, 0.05) is 18.2 Å². The lowest BCUT2D eigenvalue weighted by Crippen LogP contribution is -2.54. The zero-order chi connectivity index (χ0) is 41.1. The van der Waals surface area contributed by atoms with Crippen LogP contribution in [0.2, 0.25) is 0 Å². The van der Waals surface area contributed by atoms with Gasteiger partial charge < -0.3 is 24.1 Å². The number of hydrogen-bond donors (Lipinski definition) is 1. The van der Waals surface area contributed by atoms with Crippen molar-refractivity contribution in [3.63, 3.8) is 0 Å². The van der Waals surface area contributed by atoms with Gasteiger partial charge in [-0.25, -0.2) is 23.2 Å². The maximum Gasteiger partial charge on any atom is 0.411 e. The quantitative estimate of drug-likeness (QED) is 0.0370. The molecule has 4 aromatic rings. The number of benzene rings is 4. The van der Waals surface area contributed by atoms with E-state index in [1.165, 1.54) is 6.07 Å². The smallest absolute Gasteiger partial charge is 0.411 e. The summed E-state index contributed by atoms with van der Waals surface area (Å²) >= 11 is 0. The summed E-state index contributed by atoms with van der Waals surface area (Å²) in [5, 5.41) is 9.31. The van der Waals surface area contributed by atoms with Gasteiger partial charge in [0.05, 0.1) is 24.3 Å². The Kier molecular flexibility index (Phi) is 14.2. The van der Waals surface area contributed by atoms with E-state index in [1.807, 2.05) is 0 Å². The molecule has 0 amide bonds. The molecule has 0 bridgehead atoms. The van der Waals surface area contributed by atoms with Gasteiger partial charge >= 0.3 is 30.3 Å². The van der Waals surface area contributed by atoms with Gasteiger partial charge in [-0.05, 0) is 72.5 Å². The second-order valence-electron chi connectivity index (χ2n) is 12.2. The van der Waals surface area contributed by atoms with E-state index in [2.05, 4.69) is 6.58 Å². The largest absolute Gasteiger partial charge is 0.508 e. The van der Waals surface area contributed by atoms with Crippen LogP contribution in [0.15, 0.2) is 97.6 Å². The number of phenols is 1. The van der Waals surface area contributed by atoms with Crippen LogP contribution in [0.4, 0.5) is 35.1 Å². The summed E-state index contributed by atoms with van der Waals surface area (Å²) in [4.78, 5) is 36.0. The third-order valence-electron chi connectivity index (χ3n) is 8.40. The van der Waals surface area contributed by atoms with Crippen LogP contribution >= 0.6 is 0 Å². The van der Waals surface area contributed by atoms with Crippen LogP contribution in [-0.4, -0.2) is 48.6 Å². The van der Waals surface area contributed by atoms with Gasteiger partial charge in [0.15, 0.2) is 0 Å². The van der Waals surface area contributed by atoms with Crippen molar-refractivity contribution in [1.29, 1.82) is 0 Å². The van der Waals surface area contributed by atoms with Crippen LogP contribution in [-0.2, 0) is 14.9 Å². The molecule has 0 aliphatic rings. The first kappa shape index (κ1) is 42.8. The lowest BCUT2D eigenvalue weighted by molar-refractivity contribution is -0.288. The third-order valence-corrected chi connectivity index (χ3v) is 8.40. The summed E-state index contributed by atoms with van der Waals surface area (Å²) in [5.41, 5.74) is -8.49. The molecule has 298 valence electrons. The first-order valence-corrected chi connectivity index (χ1v) is 17.0. The van der Waals surface area contributed by atoms with Crippen molar-refractivity contribution in [2.24, 2.45) is 0 Å². The molecule has 56 heavy (non-hydrogen) atoms. The number of halogens is 8. The predicted octanol–water partition coefficient (Wildman–Crippen LogP) is 9.97. The summed E-state index contributed by atoms with van der Waals surface area (Å²) in [6.45, 7) is 3.88. The van der Waals surface area contributed by atoms with Crippen molar-refractivity contribution < 1.29 is 73.6 Å². The topological polar surface area (TPSA) is 108 Å². The standard InChI is InChI=1S/C40H34F8O8/c1-2-35(50)54-22-8-6-4-3-5-7-21-53-30-18-20-32(34(42)24-30)37(52)56-29-16-11-26(12-17-29)38(39(43,44)45,40(46,47)48)25-9-14-28(15-10-25)55-36(51)31-19-13-27(49)23-33(31)41/h2,9-20,23-24,49H,1,3-8,21-22H2. The highest BCUT2D eigenvalue weighted by Crippen LogP contribution is 2.56. The molecule has 16 heteroatoms. The van der Waals surface area contributed by atoms with Gasteiger partial charge in [-0.15, -0.1) is 0 Å². The molecule has 0 aliphatic heterocycles. The summed E-state index contributed by atoms with van der Waals surface area (Å²) < 4.78 is 137. The molecule has 0 spiro atoms. The molecule has 0 unspecified atom stereocenters. The molecule has 0 aliphatic carbocycles. The summed E-state index contributed by atoms with van der Waals surface area (Å²) in [5.74, 6) is -6.71. The Morgan fingerprint density at radius 3 is 1.46 bits per heavy atom. The highest BCUT2D eigenvalue weighted by molar-refractivity contribution is 5.92. The number of carbonyl (C=O) groups is 3. The van der Waals surface area contributed by atoms with E-state index in [4.69, 9.17) is 18.9 Å². The minimum absolute atomic E-state index is 0.112. The number of phenolic OH excluding ortho intramolecular Hbond substituents is 1. The molecule has 0 saturated heterocycles. The zero-order valence-corrected chi connectivity index (χ0v) is 29.4. The van der Waals surface area contributed by atoms with E-state index in [0.29, 0.717) is 67.6 Å². The van der Waals surface area contributed by atoms with Crippen LogP contribution in [0.25, 0.3) is 0 Å². The fourth-order valence-corrected chi connectivity index (χ4v) is 5.61. The van der Waals surface area contributed by atoms with E-state index in [0.717, 1.165) is 62.4 Å². The van der Waals surface area contributed by atoms with E-state index < -0.39 is 86.8 Å². The van der Waals surface area contributed by atoms with Crippen molar-refractivity contribution in [3.8, 4) is 23.0 Å². The number of ether oxygens (including phenoxy) is 4. The molecule has 0 aromatic heterocycles. The average molecular weight is 795 g/mol. The maximum absolute atomic E-state index is 14.8. The molecular weight excluding hydrogens is 760 g/mol. The highest BCUT2D eigenvalue weighted by atomic mass is 19.4. The molecule has 1 N–H and O–H groups in total. The minimum atomic E-state index is -5.99. The molecule has 0 atom stereocenters. The molecule has 0 saturated carbocycles. The van der Waals surface area contributed by atoms with Crippen LogP contribution in [0, 0.1) is 11.6 Å². The third kappa shape index (κ3) is 10.4. The van der Waals surface area contributed by atoms with Gasteiger partial charge in [-0.3, -0.25) is 0 Å². The van der Waals surface area contributed by atoms with Crippen molar-refractivity contribution in [2.75, 3.05) is 13.2 Å². The second kappa shape index (κ2) is 18.6. The van der Waals surface area contributed by atoms with Crippen molar-refractivity contribution in [1.82, 2.24) is 0 Å². The first-order chi connectivity index (χ1) is 26.5. The van der Waals surface area contributed by atoms with Gasteiger partial charge in [0.2, 0.25) is 5.41 Å². The molecule has 4 aromatic carbocycles. The van der Waals surface area contributed by atoms with Crippen LogP contribution in [0.3, 0.4) is 0 Å². The molecule has 0 heterocycles. The number of unbranched alkanes of at least 4 members (excludes halogenated alkanes) is 5. The van der Waals surface area contributed by atoms with E-state index in [-0.39, 0.29) is 12.4 Å². The Balaban J connectivity index is 1.40. The summed E-state index contributed by atoms with van der Waals surface area (Å²) in [6.07, 6.45) is -6.02. The molecule has 4 rings (SSSR count). The van der Waals surface area contributed by atoms with Crippen LogP contribution in [0.1, 0.15) is 70.4 Å². The normalized spacial score (nSPS) is 11.8. The number of rotatable bonds is 17. The number of esters is 3. The van der Waals surface area contributed by atoms with E-state index >= 15 is 0 Å². The van der Waals surface area contributed by atoms with E-state index in [9.17, 15) is 54.6 Å². The molecule has 0 fully saturated rings. The average Bonchev–Trinajstić information content (AvgIpc) is 3.12. The molecular formula is C40H34F8O8.